The van der Waals surface area contributed by atoms with Crippen LogP contribution in [0.25, 0.3) is 0 Å². The van der Waals surface area contributed by atoms with E-state index >= 15 is 0 Å². The fourth-order valence-electron chi connectivity index (χ4n) is 1.97. The molecule has 0 saturated carbocycles. The van der Waals surface area contributed by atoms with E-state index in [0.717, 1.165) is 36.3 Å². The zero-order valence-corrected chi connectivity index (χ0v) is 10.4. The van der Waals surface area contributed by atoms with Crippen molar-refractivity contribution in [2.24, 2.45) is 5.16 Å². The summed E-state index contributed by atoms with van der Waals surface area (Å²) >= 11 is 1.34. The smallest absolute Gasteiger partial charge is 0.375 e. The van der Waals surface area contributed by atoms with Gasteiger partial charge in [-0.2, -0.15) is 0 Å². The lowest BCUT2D eigenvalue weighted by Gasteiger charge is -2.11. The number of oxime groups is 1. The molecule has 0 aromatic carbocycles. The van der Waals surface area contributed by atoms with Gasteiger partial charge < -0.3 is 9.25 Å². The van der Waals surface area contributed by atoms with Crippen LogP contribution in [0.2, 0.25) is 0 Å². The summed E-state index contributed by atoms with van der Waals surface area (Å²) in [5.74, 6) is 0.514. The molecule has 2 heterocycles. The van der Waals surface area contributed by atoms with Crippen molar-refractivity contribution in [3.05, 3.63) is 46.0 Å². The lowest BCUT2D eigenvalue weighted by Crippen LogP contribution is -2.11. The molecule has 3 rings (SSSR count). The Hall–Kier alpha value is -1.88. The summed E-state index contributed by atoms with van der Waals surface area (Å²) in [4.78, 5) is 17.2. The number of carbonyl (C=O) groups excluding carboxylic acids is 1. The highest BCUT2D eigenvalue weighted by atomic mass is 32.1. The molecule has 4 nitrogen and oxygen atoms in total. The standard InChI is InChI=1S/C13H11NO3S/c15-13(12-5-2-8-18-12)17-14-10-3-1-4-11-9(10)6-7-16-11/h2,5-8H,1,3-4H2. The Morgan fingerprint density at radius 2 is 2.33 bits per heavy atom. The van der Waals surface area contributed by atoms with Gasteiger partial charge in [-0.05, 0) is 30.4 Å². The van der Waals surface area contributed by atoms with Gasteiger partial charge in [-0.1, -0.05) is 11.2 Å². The van der Waals surface area contributed by atoms with Gasteiger partial charge >= 0.3 is 5.97 Å². The number of aryl methyl sites for hydroxylation is 1. The quantitative estimate of drug-likeness (QED) is 0.616. The number of hydrogen-bond acceptors (Lipinski definition) is 5. The van der Waals surface area contributed by atoms with Crippen LogP contribution in [0.4, 0.5) is 0 Å². The van der Waals surface area contributed by atoms with E-state index in [9.17, 15) is 4.79 Å². The van der Waals surface area contributed by atoms with Crippen molar-refractivity contribution in [1.29, 1.82) is 0 Å². The minimum absolute atomic E-state index is 0.409. The number of thiophene rings is 1. The number of fused-ring (bicyclic) bond motifs is 1. The Morgan fingerprint density at radius 3 is 3.17 bits per heavy atom. The van der Waals surface area contributed by atoms with E-state index in [1.54, 1.807) is 12.3 Å². The van der Waals surface area contributed by atoms with Crippen LogP contribution in [0.15, 0.2) is 39.4 Å². The highest BCUT2D eigenvalue weighted by Crippen LogP contribution is 2.23. The predicted molar refractivity (Wildman–Crippen MR) is 67.9 cm³/mol. The van der Waals surface area contributed by atoms with Crippen molar-refractivity contribution in [1.82, 2.24) is 0 Å². The molecule has 0 amide bonds. The zero-order chi connectivity index (χ0) is 12.4. The maximum atomic E-state index is 11.7. The van der Waals surface area contributed by atoms with Gasteiger partial charge in [0.15, 0.2) is 0 Å². The van der Waals surface area contributed by atoms with E-state index in [1.807, 2.05) is 17.5 Å². The average Bonchev–Trinajstić information content (AvgIpc) is 3.05. The third kappa shape index (κ3) is 2.09. The number of nitrogens with zero attached hydrogens (tertiary/aromatic N) is 1. The van der Waals surface area contributed by atoms with E-state index in [4.69, 9.17) is 9.25 Å². The summed E-state index contributed by atoms with van der Waals surface area (Å²) in [5.41, 5.74) is 1.75. The summed E-state index contributed by atoms with van der Waals surface area (Å²) < 4.78 is 5.35. The second kappa shape index (κ2) is 4.78. The van der Waals surface area contributed by atoms with Gasteiger partial charge in [-0.3, -0.25) is 0 Å². The first-order valence-corrected chi connectivity index (χ1v) is 6.61. The summed E-state index contributed by atoms with van der Waals surface area (Å²) in [7, 11) is 0. The van der Waals surface area contributed by atoms with E-state index in [-0.39, 0.29) is 0 Å². The maximum Gasteiger partial charge on any atom is 0.375 e. The second-order valence-electron chi connectivity index (χ2n) is 4.01. The van der Waals surface area contributed by atoms with E-state index in [2.05, 4.69) is 5.16 Å². The van der Waals surface area contributed by atoms with Crippen LogP contribution < -0.4 is 0 Å². The van der Waals surface area contributed by atoms with Gasteiger partial charge in [0, 0.05) is 12.0 Å². The molecule has 2 aromatic rings. The molecule has 0 bridgehead atoms. The van der Waals surface area contributed by atoms with Crippen molar-refractivity contribution in [2.45, 2.75) is 19.3 Å². The zero-order valence-electron chi connectivity index (χ0n) is 9.59. The van der Waals surface area contributed by atoms with Crippen molar-refractivity contribution in [3.63, 3.8) is 0 Å². The van der Waals surface area contributed by atoms with Gasteiger partial charge in [0.2, 0.25) is 0 Å². The van der Waals surface area contributed by atoms with E-state index in [0.29, 0.717) is 4.88 Å². The highest BCUT2D eigenvalue weighted by Gasteiger charge is 2.19. The minimum atomic E-state index is -0.409. The fourth-order valence-corrected chi connectivity index (χ4v) is 2.57. The predicted octanol–water partition coefficient (Wildman–Crippen LogP) is 3.24. The van der Waals surface area contributed by atoms with Gasteiger partial charge in [0.05, 0.1) is 12.0 Å². The third-order valence-electron chi connectivity index (χ3n) is 2.83. The Labute approximate surface area is 108 Å². The van der Waals surface area contributed by atoms with E-state index < -0.39 is 5.97 Å². The van der Waals surface area contributed by atoms with Gasteiger partial charge in [-0.15, -0.1) is 11.3 Å². The van der Waals surface area contributed by atoms with Crippen molar-refractivity contribution in [2.75, 3.05) is 0 Å². The molecule has 0 atom stereocenters. The minimum Gasteiger partial charge on any atom is -0.469 e. The first-order chi connectivity index (χ1) is 8.84. The monoisotopic (exact) mass is 261 g/mol. The van der Waals surface area contributed by atoms with Gasteiger partial charge in [0.25, 0.3) is 0 Å². The van der Waals surface area contributed by atoms with Crippen LogP contribution in [0.3, 0.4) is 0 Å². The van der Waals surface area contributed by atoms with Crippen molar-refractivity contribution in [3.8, 4) is 0 Å². The Bertz CT molecular complexity index is 583. The molecule has 0 radical (unpaired) electrons. The molecule has 2 aromatic heterocycles. The Balaban J connectivity index is 1.77. The molecule has 1 aliphatic rings. The lowest BCUT2D eigenvalue weighted by molar-refractivity contribution is 0.0521. The molecule has 0 fully saturated rings. The molecule has 18 heavy (non-hydrogen) atoms. The lowest BCUT2D eigenvalue weighted by atomic mass is 9.97. The second-order valence-corrected chi connectivity index (χ2v) is 4.95. The number of hydrogen-bond donors (Lipinski definition) is 0. The summed E-state index contributed by atoms with van der Waals surface area (Å²) in [5, 5.41) is 5.80. The highest BCUT2D eigenvalue weighted by molar-refractivity contribution is 7.11. The normalized spacial score (nSPS) is 16.6. The number of furan rings is 1. The SMILES string of the molecule is O=C(ON=C1CCCc2occc21)c1cccs1. The molecular formula is C13H11NO3S. The summed E-state index contributed by atoms with van der Waals surface area (Å²) in [6.07, 6.45) is 4.34. The Morgan fingerprint density at radius 1 is 1.39 bits per heavy atom. The topological polar surface area (TPSA) is 51.8 Å². The van der Waals surface area contributed by atoms with E-state index in [1.165, 1.54) is 11.3 Å². The van der Waals surface area contributed by atoms with Crippen LogP contribution in [0.5, 0.6) is 0 Å². The molecule has 92 valence electrons. The number of carbonyl (C=O) groups is 1. The van der Waals surface area contributed by atoms with Crippen molar-refractivity contribution < 1.29 is 14.0 Å². The van der Waals surface area contributed by atoms with Gasteiger partial charge in [-0.25, -0.2) is 4.79 Å². The molecule has 1 aliphatic carbocycles. The molecule has 0 unspecified atom stereocenters. The van der Waals surface area contributed by atoms with Crippen LogP contribution in [0, 0.1) is 0 Å². The first-order valence-electron chi connectivity index (χ1n) is 5.73. The van der Waals surface area contributed by atoms with Crippen LogP contribution in [-0.2, 0) is 11.3 Å². The van der Waals surface area contributed by atoms with Crippen LogP contribution in [-0.4, -0.2) is 11.7 Å². The number of rotatable bonds is 2. The molecule has 5 heteroatoms. The first kappa shape index (κ1) is 11.2. The molecule has 0 N–H and O–H groups in total. The largest absolute Gasteiger partial charge is 0.469 e. The van der Waals surface area contributed by atoms with Gasteiger partial charge in [0.1, 0.15) is 10.6 Å². The van der Waals surface area contributed by atoms with Crippen LogP contribution >= 0.6 is 11.3 Å². The Kier molecular flexibility index (Phi) is 2.98. The van der Waals surface area contributed by atoms with Crippen LogP contribution in [0.1, 0.15) is 33.8 Å². The molecule has 0 spiro atoms. The fraction of sp³-hybridized carbons (Fsp3) is 0.231. The van der Waals surface area contributed by atoms with Crippen molar-refractivity contribution >= 4 is 23.0 Å². The maximum absolute atomic E-state index is 11.7. The summed E-state index contributed by atoms with van der Waals surface area (Å²) in [6, 6.07) is 5.40. The molecular weight excluding hydrogens is 250 g/mol. The third-order valence-corrected chi connectivity index (χ3v) is 3.68. The molecule has 0 saturated heterocycles. The summed E-state index contributed by atoms with van der Waals surface area (Å²) in [6.45, 7) is 0. The average molecular weight is 261 g/mol. The molecule has 0 aliphatic heterocycles.